The van der Waals surface area contributed by atoms with Crippen LogP contribution < -0.4 is 0 Å². The molecule has 0 aliphatic heterocycles. The molecule has 0 atom stereocenters. The van der Waals surface area contributed by atoms with Gasteiger partial charge in [-0.1, -0.05) is 0 Å². The topological polar surface area (TPSA) is 66.2 Å². The molecule has 4 nitrogen and oxygen atoms in total. The van der Waals surface area contributed by atoms with Gasteiger partial charge in [0.15, 0.2) is 0 Å². The van der Waals surface area contributed by atoms with Gasteiger partial charge in [-0.15, -0.1) is 0 Å². The molecule has 0 aromatic rings. The Morgan fingerprint density at radius 3 is 1.33 bits per heavy atom. The van der Waals surface area contributed by atoms with Gasteiger partial charge >= 0.3 is 51.4 Å². The first kappa shape index (κ1) is 15.6. The van der Waals surface area contributed by atoms with Crippen molar-refractivity contribution in [3.8, 4) is 0 Å². The normalized spacial score (nSPS) is 4.00. The van der Waals surface area contributed by atoms with E-state index in [0.29, 0.717) is 0 Å². The van der Waals surface area contributed by atoms with Gasteiger partial charge in [-0.05, 0) is 0 Å². The Hall–Kier alpha value is 1.50. The molecule has 0 rings (SSSR count). The molecule has 36 valence electrons. The van der Waals surface area contributed by atoms with E-state index in [1.54, 1.807) is 0 Å². The molecule has 0 aliphatic rings. The average Bonchev–Trinajstić information content (AvgIpc) is 0.811. The molecule has 0 aromatic heterocycles. The molecule has 0 bridgehead atoms. The van der Waals surface area contributed by atoms with Crippen LogP contribution in [0.5, 0.6) is 0 Å². The summed E-state index contributed by atoms with van der Waals surface area (Å²) >= 11 is 0. The quantitative estimate of drug-likeness (QED) is 0.295. The SMILES string of the molecule is O=[N+]([O-])[O-].[KH].[Pd]. The summed E-state index contributed by atoms with van der Waals surface area (Å²) in [5, 5.41) is 14.8. The van der Waals surface area contributed by atoms with Gasteiger partial charge in [0.1, 0.15) is 0 Å². The van der Waals surface area contributed by atoms with Crippen molar-refractivity contribution >= 4 is 51.4 Å². The zero-order chi connectivity index (χ0) is 3.58. The second-order valence-electron chi connectivity index (χ2n) is 0.224. The number of rotatable bonds is 0. The molecule has 0 aliphatic carbocycles. The molecule has 0 spiro atoms. The fourth-order valence-corrected chi connectivity index (χ4v) is 0. The Kier molecular flexibility index (Phi) is 25.3. The maximum Gasteiger partial charge on any atom is 0 e. The molecule has 0 aromatic carbocycles. The molecular formula is HKNO3Pd-. The fourth-order valence-electron chi connectivity index (χ4n) is 0. The van der Waals surface area contributed by atoms with E-state index in [2.05, 4.69) is 0 Å². The van der Waals surface area contributed by atoms with Crippen LogP contribution in [-0.4, -0.2) is 56.5 Å². The van der Waals surface area contributed by atoms with E-state index in [9.17, 15) is 0 Å². The minimum absolute atomic E-state index is 0. The minimum atomic E-state index is -1.75. The summed E-state index contributed by atoms with van der Waals surface area (Å²) in [4.78, 5) is 8.25. The van der Waals surface area contributed by atoms with E-state index in [4.69, 9.17) is 15.3 Å². The molecule has 0 heterocycles. The van der Waals surface area contributed by atoms with Gasteiger partial charge in [-0.2, -0.15) is 0 Å². The first-order valence-corrected chi connectivity index (χ1v) is 0.548. The first-order chi connectivity index (χ1) is 1.73. The molecule has 6 heteroatoms. The van der Waals surface area contributed by atoms with Gasteiger partial charge in [-0.25, -0.2) is 0 Å². The molecule has 0 saturated heterocycles. The largest absolute Gasteiger partial charge is 0 e. The Bertz CT molecular complexity index is 33.8. The maximum atomic E-state index is 8.25. The van der Waals surface area contributed by atoms with Crippen LogP contribution in [0, 0.1) is 15.3 Å². The third kappa shape index (κ3) is 49.5. The van der Waals surface area contributed by atoms with Crippen molar-refractivity contribution in [1.82, 2.24) is 0 Å². The summed E-state index contributed by atoms with van der Waals surface area (Å²) in [7, 11) is 0. The summed E-state index contributed by atoms with van der Waals surface area (Å²) in [6, 6.07) is 0. The smallest absolute Gasteiger partial charge is 0 e. The Labute approximate surface area is 90.5 Å². The maximum absolute atomic E-state index is 8.25. The zero-order valence-corrected chi connectivity index (χ0v) is 3.54. The van der Waals surface area contributed by atoms with Crippen LogP contribution >= 0.6 is 0 Å². The number of hydrogen-bond donors (Lipinski definition) is 0. The summed E-state index contributed by atoms with van der Waals surface area (Å²) < 4.78 is 0. The van der Waals surface area contributed by atoms with Crippen molar-refractivity contribution in [3.63, 3.8) is 0 Å². The van der Waals surface area contributed by atoms with E-state index in [1.165, 1.54) is 0 Å². The zero-order valence-electron chi connectivity index (χ0n) is 1.99. The molecule has 0 N–H and O–H groups in total. The van der Waals surface area contributed by atoms with Crippen LogP contribution in [0.2, 0.25) is 0 Å². The third-order valence-electron chi connectivity index (χ3n) is 0. The van der Waals surface area contributed by atoms with E-state index in [0.717, 1.165) is 0 Å². The van der Waals surface area contributed by atoms with Gasteiger partial charge in [-0.3, -0.25) is 0 Å². The predicted octanol–water partition coefficient (Wildman–Crippen LogP) is -0.890. The average molecular weight is 209 g/mol. The van der Waals surface area contributed by atoms with Crippen LogP contribution in [0.25, 0.3) is 0 Å². The van der Waals surface area contributed by atoms with Gasteiger partial charge < -0.3 is 15.3 Å². The standard InChI is InChI=1S/K.NO3.Pd.H/c;2-1(3)4;;/q;-1;;. The van der Waals surface area contributed by atoms with E-state index < -0.39 is 5.09 Å². The van der Waals surface area contributed by atoms with Crippen molar-refractivity contribution in [2.75, 3.05) is 0 Å². The third-order valence-corrected chi connectivity index (χ3v) is 0. The molecular weight excluding hydrogens is 208 g/mol. The Morgan fingerprint density at radius 2 is 1.33 bits per heavy atom. The van der Waals surface area contributed by atoms with Crippen LogP contribution in [0.3, 0.4) is 0 Å². The van der Waals surface area contributed by atoms with Crippen LogP contribution in [-0.2, 0) is 20.4 Å². The summed E-state index contributed by atoms with van der Waals surface area (Å²) in [5.41, 5.74) is 0. The van der Waals surface area contributed by atoms with Crippen molar-refractivity contribution < 1.29 is 25.5 Å². The molecule has 0 saturated carbocycles. The Morgan fingerprint density at radius 1 is 1.33 bits per heavy atom. The Balaban J connectivity index is -0.0000000450. The van der Waals surface area contributed by atoms with Crippen LogP contribution in [0.4, 0.5) is 0 Å². The molecule has 0 unspecified atom stereocenters. The second kappa shape index (κ2) is 9.71. The first-order valence-electron chi connectivity index (χ1n) is 0.548. The van der Waals surface area contributed by atoms with E-state index in [-0.39, 0.29) is 71.8 Å². The van der Waals surface area contributed by atoms with Crippen LogP contribution in [0.15, 0.2) is 0 Å². The van der Waals surface area contributed by atoms with Crippen LogP contribution in [0.1, 0.15) is 0 Å². The molecule has 0 fully saturated rings. The van der Waals surface area contributed by atoms with Crippen molar-refractivity contribution in [2.24, 2.45) is 0 Å². The second-order valence-corrected chi connectivity index (χ2v) is 0.224. The van der Waals surface area contributed by atoms with Crippen molar-refractivity contribution in [3.05, 3.63) is 15.3 Å². The number of nitrogens with zero attached hydrogens (tertiary/aromatic N) is 1. The van der Waals surface area contributed by atoms with Gasteiger partial charge in [0.2, 0.25) is 0 Å². The number of hydrogen-bond acceptors (Lipinski definition) is 3. The van der Waals surface area contributed by atoms with Crippen molar-refractivity contribution in [1.29, 1.82) is 0 Å². The predicted molar refractivity (Wildman–Crippen MR) is 17.5 cm³/mol. The van der Waals surface area contributed by atoms with Gasteiger partial charge in [0.25, 0.3) is 0 Å². The molecule has 6 heavy (non-hydrogen) atoms. The molecule has 0 amide bonds. The summed E-state index contributed by atoms with van der Waals surface area (Å²) in [6.45, 7) is 0. The van der Waals surface area contributed by atoms with Crippen molar-refractivity contribution in [2.45, 2.75) is 0 Å². The summed E-state index contributed by atoms with van der Waals surface area (Å²) in [6.07, 6.45) is 0. The monoisotopic (exact) mass is 208 g/mol. The fraction of sp³-hybridized carbons (Fsp3) is 0. The minimum Gasteiger partial charge on any atom is 0 e. The van der Waals surface area contributed by atoms with E-state index >= 15 is 0 Å². The van der Waals surface area contributed by atoms with Gasteiger partial charge in [0.05, 0.1) is 5.09 Å². The molecule has 0 radical (unpaired) electrons. The van der Waals surface area contributed by atoms with Gasteiger partial charge in [0, 0.05) is 20.4 Å². The van der Waals surface area contributed by atoms with E-state index in [1.807, 2.05) is 0 Å². The summed E-state index contributed by atoms with van der Waals surface area (Å²) in [5.74, 6) is 0.